The molecule has 0 saturated carbocycles. The summed E-state index contributed by atoms with van der Waals surface area (Å²) < 4.78 is 17.5. The lowest BCUT2D eigenvalue weighted by Crippen LogP contribution is -2.36. The highest BCUT2D eigenvalue weighted by Gasteiger charge is 2.34. The zero-order valence-corrected chi connectivity index (χ0v) is 11.5. The van der Waals surface area contributed by atoms with Crippen LogP contribution in [-0.2, 0) is 17.2 Å². The third kappa shape index (κ3) is 2.08. The van der Waals surface area contributed by atoms with Crippen LogP contribution in [0.25, 0.3) is 0 Å². The second kappa shape index (κ2) is 5.02. The Morgan fingerprint density at radius 1 is 1.44 bits per heavy atom. The van der Waals surface area contributed by atoms with Crippen molar-refractivity contribution in [2.24, 2.45) is 0 Å². The van der Waals surface area contributed by atoms with Gasteiger partial charge >= 0.3 is 0 Å². The van der Waals surface area contributed by atoms with E-state index in [-0.39, 0.29) is 11.3 Å². The summed E-state index contributed by atoms with van der Waals surface area (Å²) in [6, 6.07) is 6.54. The van der Waals surface area contributed by atoms with Gasteiger partial charge in [0.1, 0.15) is 5.75 Å². The number of hydrogen-bond donors (Lipinski definition) is 1. The summed E-state index contributed by atoms with van der Waals surface area (Å²) in [6.07, 6.45) is 3.05. The van der Waals surface area contributed by atoms with E-state index in [1.807, 2.05) is 6.07 Å². The third-order valence-electron chi connectivity index (χ3n) is 3.98. The van der Waals surface area contributed by atoms with Crippen LogP contribution in [-0.4, -0.2) is 28.9 Å². The Morgan fingerprint density at radius 3 is 3.17 bits per heavy atom. The first-order valence-corrected chi connectivity index (χ1v) is 7.95. The number of ether oxygens (including phenoxy) is 1. The van der Waals surface area contributed by atoms with Gasteiger partial charge in [0.25, 0.3) is 0 Å². The Morgan fingerprint density at radius 2 is 2.33 bits per heavy atom. The van der Waals surface area contributed by atoms with E-state index in [1.165, 1.54) is 11.1 Å². The normalized spacial score (nSPS) is 31.1. The molecule has 1 heterocycles. The topological polar surface area (TPSA) is 38.3 Å². The van der Waals surface area contributed by atoms with Crippen molar-refractivity contribution in [3.8, 4) is 5.75 Å². The molecule has 1 saturated heterocycles. The molecule has 1 aliphatic carbocycles. The molecule has 1 N–H and O–H groups in total. The zero-order valence-electron chi connectivity index (χ0n) is 10.6. The van der Waals surface area contributed by atoms with E-state index in [9.17, 15) is 4.21 Å². The van der Waals surface area contributed by atoms with Gasteiger partial charge in [-0.2, -0.15) is 0 Å². The minimum absolute atomic E-state index is 0.267. The summed E-state index contributed by atoms with van der Waals surface area (Å²) in [5, 5.41) is 3.86. The van der Waals surface area contributed by atoms with Gasteiger partial charge in [0.15, 0.2) is 0 Å². The summed E-state index contributed by atoms with van der Waals surface area (Å²) in [4.78, 5) is 0. The SMILES string of the molecule is COc1ccc2c(c1)CCC1C2NCCCS1=O. The molecule has 0 bridgehead atoms. The summed E-state index contributed by atoms with van der Waals surface area (Å²) in [5.74, 6) is 1.77. The number of rotatable bonds is 1. The largest absolute Gasteiger partial charge is 0.497 e. The minimum atomic E-state index is -0.682. The van der Waals surface area contributed by atoms with Crippen molar-refractivity contribution in [2.75, 3.05) is 19.4 Å². The average molecular weight is 265 g/mol. The van der Waals surface area contributed by atoms with E-state index in [2.05, 4.69) is 17.4 Å². The summed E-state index contributed by atoms with van der Waals surface area (Å²) in [5.41, 5.74) is 2.67. The second-order valence-electron chi connectivity index (χ2n) is 5.01. The summed E-state index contributed by atoms with van der Waals surface area (Å²) in [6.45, 7) is 0.971. The molecule has 0 amide bonds. The van der Waals surface area contributed by atoms with Crippen molar-refractivity contribution in [3.63, 3.8) is 0 Å². The number of methoxy groups -OCH3 is 1. The maximum Gasteiger partial charge on any atom is 0.119 e. The smallest absolute Gasteiger partial charge is 0.119 e. The molecule has 1 fully saturated rings. The van der Waals surface area contributed by atoms with Crippen LogP contribution in [0, 0.1) is 0 Å². The van der Waals surface area contributed by atoms with Crippen LogP contribution in [0.2, 0.25) is 0 Å². The molecule has 18 heavy (non-hydrogen) atoms. The molecule has 0 spiro atoms. The lowest BCUT2D eigenvalue weighted by molar-refractivity contribution is 0.411. The fourth-order valence-corrected chi connectivity index (χ4v) is 4.70. The van der Waals surface area contributed by atoms with E-state index >= 15 is 0 Å². The third-order valence-corrected chi connectivity index (χ3v) is 5.85. The van der Waals surface area contributed by atoms with E-state index in [0.29, 0.717) is 0 Å². The van der Waals surface area contributed by atoms with Gasteiger partial charge in [-0.1, -0.05) is 6.07 Å². The first-order valence-electron chi connectivity index (χ1n) is 6.57. The number of fused-ring (bicyclic) bond motifs is 3. The monoisotopic (exact) mass is 265 g/mol. The Labute approximate surface area is 110 Å². The van der Waals surface area contributed by atoms with Crippen LogP contribution in [0.15, 0.2) is 18.2 Å². The molecule has 3 rings (SSSR count). The Bertz CT molecular complexity index is 475. The predicted molar refractivity (Wildman–Crippen MR) is 73.5 cm³/mol. The zero-order chi connectivity index (χ0) is 12.5. The van der Waals surface area contributed by atoms with Gasteiger partial charge in [-0.15, -0.1) is 0 Å². The second-order valence-corrected chi connectivity index (χ2v) is 6.79. The van der Waals surface area contributed by atoms with Crippen molar-refractivity contribution in [2.45, 2.75) is 30.6 Å². The van der Waals surface area contributed by atoms with E-state index in [4.69, 9.17) is 4.74 Å². The Balaban J connectivity index is 1.98. The molecular weight excluding hydrogens is 246 g/mol. The molecule has 4 heteroatoms. The predicted octanol–water partition coefficient (Wildman–Crippen LogP) is 1.79. The molecule has 3 atom stereocenters. The highest BCUT2D eigenvalue weighted by Crippen LogP contribution is 2.36. The van der Waals surface area contributed by atoms with Gasteiger partial charge in [-0.25, -0.2) is 0 Å². The molecule has 1 aliphatic heterocycles. The standard InChI is InChI=1S/C14H19NO2S/c1-17-11-4-5-12-10(9-11)3-6-13-14(12)15-7-2-8-18(13)16/h4-5,9,13-15H,2-3,6-8H2,1H3. The van der Waals surface area contributed by atoms with E-state index in [0.717, 1.165) is 37.3 Å². The van der Waals surface area contributed by atoms with Gasteiger partial charge < -0.3 is 10.1 Å². The van der Waals surface area contributed by atoms with Crippen LogP contribution in [0.3, 0.4) is 0 Å². The summed E-state index contributed by atoms with van der Waals surface area (Å²) >= 11 is 0. The minimum Gasteiger partial charge on any atom is -0.497 e. The van der Waals surface area contributed by atoms with Crippen LogP contribution in [0.4, 0.5) is 0 Å². The van der Waals surface area contributed by atoms with Gasteiger partial charge in [0, 0.05) is 22.6 Å². The Hall–Kier alpha value is -0.870. The van der Waals surface area contributed by atoms with Crippen molar-refractivity contribution in [1.82, 2.24) is 5.32 Å². The molecule has 0 radical (unpaired) electrons. The quantitative estimate of drug-likeness (QED) is 0.841. The molecule has 98 valence electrons. The fourth-order valence-electron chi connectivity index (χ4n) is 3.04. The van der Waals surface area contributed by atoms with Crippen LogP contribution in [0.1, 0.15) is 30.0 Å². The van der Waals surface area contributed by atoms with E-state index in [1.54, 1.807) is 7.11 Å². The van der Waals surface area contributed by atoms with Crippen molar-refractivity contribution in [3.05, 3.63) is 29.3 Å². The summed E-state index contributed by atoms with van der Waals surface area (Å²) in [7, 11) is 1.02. The maximum absolute atomic E-state index is 12.2. The number of benzene rings is 1. The highest BCUT2D eigenvalue weighted by atomic mass is 32.2. The highest BCUT2D eigenvalue weighted by molar-refractivity contribution is 7.85. The molecule has 1 aromatic rings. The number of nitrogens with one attached hydrogen (secondary N) is 1. The van der Waals surface area contributed by atoms with Crippen LogP contribution < -0.4 is 10.1 Å². The van der Waals surface area contributed by atoms with Gasteiger partial charge in [-0.05, 0) is 49.1 Å². The van der Waals surface area contributed by atoms with Crippen molar-refractivity contribution in [1.29, 1.82) is 0 Å². The number of aryl methyl sites for hydroxylation is 1. The van der Waals surface area contributed by atoms with Crippen molar-refractivity contribution < 1.29 is 8.95 Å². The maximum atomic E-state index is 12.2. The Kier molecular flexibility index (Phi) is 3.39. The van der Waals surface area contributed by atoms with Gasteiger partial charge in [-0.3, -0.25) is 4.21 Å². The average Bonchev–Trinajstić information content (AvgIpc) is 2.60. The van der Waals surface area contributed by atoms with Crippen LogP contribution >= 0.6 is 0 Å². The molecule has 0 aromatic heterocycles. The lowest BCUT2D eigenvalue weighted by atomic mass is 9.87. The van der Waals surface area contributed by atoms with Gasteiger partial charge in [0.2, 0.25) is 0 Å². The molecule has 3 nitrogen and oxygen atoms in total. The lowest BCUT2D eigenvalue weighted by Gasteiger charge is -2.32. The molecular formula is C14H19NO2S. The number of hydrogen-bond acceptors (Lipinski definition) is 3. The molecule has 3 unspecified atom stereocenters. The molecule has 2 aliphatic rings. The first kappa shape index (κ1) is 12.2. The van der Waals surface area contributed by atoms with Crippen molar-refractivity contribution >= 4 is 10.8 Å². The van der Waals surface area contributed by atoms with Gasteiger partial charge in [0.05, 0.1) is 12.4 Å². The first-order chi connectivity index (χ1) is 8.79. The van der Waals surface area contributed by atoms with Crippen LogP contribution in [0.5, 0.6) is 5.75 Å². The molecule has 1 aromatic carbocycles. The van der Waals surface area contributed by atoms with E-state index < -0.39 is 10.8 Å². The fraction of sp³-hybridized carbons (Fsp3) is 0.571.